The van der Waals surface area contributed by atoms with E-state index in [-0.39, 0.29) is 25.0 Å². The minimum absolute atomic E-state index is 0.0489. The van der Waals surface area contributed by atoms with Gasteiger partial charge in [-0.2, -0.15) is 0 Å². The summed E-state index contributed by atoms with van der Waals surface area (Å²) in [5.41, 5.74) is 2.61. The first-order chi connectivity index (χ1) is 19.2. The van der Waals surface area contributed by atoms with Crippen LogP contribution in [0.2, 0.25) is 0 Å². The molecule has 0 saturated carbocycles. The van der Waals surface area contributed by atoms with Crippen LogP contribution < -0.4 is 5.32 Å². The quantitative estimate of drug-likeness (QED) is 0.502. The first-order valence-electron chi connectivity index (χ1n) is 13.3. The molecule has 0 aliphatic carbocycles. The Labute approximate surface area is 233 Å². The average molecular weight is 552 g/mol. The van der Waals surface area contributed by atoms with Crippen molar-refractivity contribution in [1.29, 1.82) is 0 Å². The second kappa shape index (κ2) is 13.4. The number of carbonyl (C=O) groups is 2. The van der Waals surface area contributed by atoms with Crippen LogP contribution in [0.15, 0.2) is 72.8 Å². The molecule has 40 heavy (non-hydrogen) atoms. The van der Waals surface area contributed by atoms with Gasteiger partial charge in [-0.1, -0.05) is 55.5 Å². The Morgan fingerprint density at radius 3 is 2.40 bits per heavy atom. The van der Waals surface area contributed by atoms with Gasteiger partial charge < -0.3 is 15.3 Å². The number of piperazine rings is 1. The van der Waals surface area contributed by atoms with Crippen LogP contribution in [0.3, 0.4) is 0 Å². The van der Waals surface area contributed by atoms with E-state index in [4.69, 9.17) is 5.11 Å². The van der Waals surface area contributed by atoms with Crippen molar-refractivity contribution < 1.29 is 23.5 Å². The van der Waals surface area contributed by atoms with Gasteiger partial charge in [0.25, 0.3) is 0 Å². The number of fused-ring (bicyclic) bond motifs is 1. The summed E-state index contributed by atoms with van der Waals surface area (Å²) in [7, 11) is 1.70. The molecular weight excluding hydrogens is 516 g/mol. The van der Waals surface area contributed by atoms with Gasteiger partial charge in [0.05, 0.1) is 6.54 Å². The predicted octanol–water partition coefficient (Wildman–Crippen LogP) is 3.96. The topological polar surface area (TPSA) is 79.4 Å². The van der Waals surface area contributed by atoms with Crippen molar-refractivity contribution in [1.82, 2.24) is 25.1 Å². The summed E-state index contributed by atoms with van der Waals surface area (Å²) in [6.07, 6.45) is 0.527. The third-order valence-electron chi connectivity index (χ3n) is 7.02. The van der Waals surface area contributed by atoms with Crippen LogP contribution in [0.5, 0.6) is 5.75 Å². The summed E-state index contributed by atoms with van der Waals surface area (Å²) < 4.78 is 27.3. The second-order valence-corrected chi connectivity index (χ2v) is 9.86. The highest BCUT2D eigenvalue weighted by Gasteiger charge is 2.43. The highest BCUT2D eigenvalue weighted by molar-refractivity contribution is 5.82. The van der Waals surface area contributed by atoms with Crippen molar-refractivity contribution in [3.8, 4) is 5.75 Å². The molecule has 2 aliphatic rings. The standard InChI is InChI=1S/C22H25F2N5O2.C8H10O/c1-26-15-21(30)28-10-9-27(13-17-7-8-18(23)11-19(17)24)14-20(28)29(26)22(31)25-12-16-5-3-2-4-6-16;1-2-7-3-5-8(9)6-4-7/h2-8,11,20H,9-10,12-15H2,1H3,(H,25,31);3-6,9H,2H2,1H3. The molecule has 1 atom stereocenters. The first kappa shape index (κ1) is 29.0. The third-order valence-corrected chi connectivity index (χ3v) is 7.02. The van der Waals surface area contributed by atoms with E-state index in [1.807, 2.05) is 47.4 Å². The number of phenolic OH excluding ortho intramolecular Hbond substituents is 1. The van der Waals surface area contributed by atoms with Gasteiger partial charge in [-0.15, -0.1) is 0 Å². The molecule has 3 aromatic rings. The fraction of sp³-hybridized carbons (Fsp3) is 0.333. The first-order valence-corrected chi connectivity index (χ1v) is 13.3. The van der Waals surface area contributed by atoms with E-state index in [1.165, 1.54) is 17.7 Å². The summed E-state index contributed by atoms with van der Waals surface area (Å²) in [4.78, 5) is 29.2. The van der Waals surface area contributed by atoms with Crippen molar-refractivity contribution >= 4 is 11.9 Å². The molecule has 0 aromatic heterocycles. The van der Waals surface area contributed by atoms with Crippen molar-refractivity contribution in [3.05, 3.63) is 101 Å². The zero-order valence-electron chi connectivity index (χ0n) is 22.8. The van der Waals surface area contributed by atoms with E-state index >= 15 is 0 Å². The minimum Gasteiger partial charge on any atom is -0.508 e. The number of halogens is 2. The highest BCUT2D eigenvalue weighted by Crippen LogP contribution is 2.23. The molecule has 8 nitrogen and oxygen atoms in total. The number of likely N-dealkylation sites (N-methyl/N-ethyl adjacent to an activating group) is 1. The molecule has 2 heterocycles. The van der Waals surface area contributed by atoms with Crippen LogP contribution in [-0.4, -0.2) is 76.3 Å². The van der Waals surface area contributed by atoms with E-state index in [1.54, 1.807) is 34.1 Å². The maximum absolute atomic E-state index is 14.1. The smallest absolute Gasteiger partial charge is 0.334 e. The molecule has 0 bridgehead atoms. The van der Waals surface area contributed by atoms with Crippen LogP contribution in [0.1, 0.15) is 23.6 Å². The van der Waals surface area contributed by atoms with Crippen LogP contribution in [0.25, 0.3) is 0 Å². The van der Waals surface area contributed by atoms with E-state index in [9.17, 15) is 18.4 Å². The number of aryl methyl sites for hydroxylation is 1. The van der Waals surface area contributed by atoms with E-state index in [2.05, 4.69) is 12.2 Å². The van der Waals surface area contributed by atoms with Gasteiger partial charge in [0.15, 0.2) is 0 Å². The van der Waals surface area contributed by atoms with Gasteiger partial charge in [-0.25, -0.2) is 23.6 Å². The Morgan fingerprint density at radius 1 is 1.00 bits per heavy atom. The van der Waals surface area contributed by atoms with Gasteiger partial charge in [0, 0.05) is 51.4 Å². The van der Waals surface area contributed by atoms with Crippen LogP contribution in [0.4, 0.5) is 13.6 Å². The third kappa shape index (κ3) is 7.34. The summed E-state index contributed by atoms with van der Waals surface area (Å²) in [5.74, 6) is -0.928. The number of aromatic hydroxyl groups is 1. The van der Waals surface area contributed by atoms with Crippen molar-refractivity contribution in [3.63, 3.8) is 0 Å². The number of nitrogens with one attached hydrogen (secondary N) is 1. The zero-order chi connectivity index (χ0) is 28.6. The zero-order valence-corrected chi connectivity index (χ0v) is 22.8. The van der Waals surface area contributed by atoms with E-state index < -0.39 is 17.8 Å². The summed E-state index contributed by atoms with van der Waals surface area (Å²) >= 11 is 0. The molecule has 0 spiro atoms. The Kier molecular flexibility index (Phi) is 9.68. The predicted molar refractivity (Wildman–Crippen MR) is 148 cm³/mol. The van der Waals surface area contributed by atoms with Crippen LogP contribution >= 0.6 is 0 Å². The maximum atomic E-state index is 14.1. The Bertz CT molecular complexity index is 1290. The molecule has 212 valence electrons. The average Bonchev–Trinajstić information content (AvgIpc) is 2.94. The van der Waals surface area contributed by atoms with Gasteiger partial charge in [0.2, 0.25) is 5.91 Å². The number of carbonyl (C=O) groups excluding carboxylic acids is 2. The SMILES string of the molecule is CCc1ccc(O)cc1.CN1CC(=O)N2CCN(Cc3ccc(F)cc3F)CC2N1C(=O)NCc1ccccc1. The van der Waals surface area contributed by atoms with E-state index in [0.29, 0.717) is 37.5 Å². The Balaban J connectivity index is 0.000000350. The Morgan fingerprint density at radius 2 is 1.73 bits per heavy atom. The number of amides is 3. The molecule has 5 rings (SSSR count). The van der Waals surface area contributed by atoms with E-state index in [0.717, 1.165) is 18.1 Å². The lowest BCUT2D eigenvalue weighted by molar-refractivity contribution is -0.171. The minimum atomic E-state index is -0.619. The largest absolute Gasteiger partial charge is 0.508 e. The molecule has 3 aromatic carbocycles. The van der Waals surface area contributed by atoms with Gasteiger partial charge >= 0.3 is 6.03 Å². The van der Waals surface area contributed by atoms with Crippen LogP contribution in [0, 0.1) is 11.6 Å². The second-order valence-electron chi connectivity index (χ2n) is 9.86. The monoisotopic (exact) mass is 551 g/mol. The Hall–Kier alpha value is -4.02. The number of urea groups is 1. The maximum Gasteiger partial charge on any atom is 0.334 e. The van der Waals surface area contributed by atoms with Crippen LogP contribution in [-0.2, 0) is 24.3 Å². The molecule has 2 N–H and O–H groups in total. The highest BCUT2D eigenvalue weighted by atomic mass is 19.1. The fourth-order valence-corrected chi connectivity index (χ4v) is 4.82. The van der Waals surface area contributed by atoms with Crippen molar-refractivity contribution in [2.24, 2.45) is 0 Å². The lowest BCUT2D eigenvalue weighted by Crippen LogP contribution is -2.72. The van der Waals surface area contributed by atoms with Gasteiger partial charge in [-0.3, -0.25) is 9.69 Å². The lowest BCUT2D eigenvalue weighted by Gasteiger charge is -2.52. The van der Waals surface area contributed by atoms with Crippen molar-refractivity contribution in [2.75, 3.05) is 33.2 Å². The van der Waals surface area contributed by atoms with Gasteiger partial charge in [0.1, 0.15) is 23.5 Å². The summed E-state index contributed by atoms with van der Waals surface area (Å²) in [6.45, 7) is 4.19. The number of hydrogen-bond acceptors (Lipinski definition) is 5. The number of phenols is 1. The number of hydrazine groups is 1. The molecular formula is C30H35F2N5O3. The molecule has 3 amide bonds. The number of hydrogen-bond donors (Lipinski definition) is 2. The molecule has 2 aliphatic heterocycles. The number of benzene rings is 3. The summed E-state index contributed by atoms with van der Waals surface area (Å²) in [6, 6.07) is 20.1. The fourth-order valence-electron chi connectivity index (χ4n) is 4.82. The normalized spacial score (nSPS) is 17.6. The molecule has 1 unspecified atom stereocenters. The molecule has 2 saturated heterocycles. The molecule has 2 fully saturated rings. The van der Waals surface area contributed by atoms with Crippen molar-refractivity contribution in [2.45, 2.75) is 32.6 Å². The van der Waals surface area contributed by atoms with Gasteiger partial charge in [-0.05, 0) is 35.7 Å². The number of nitrogens with zero attached hydrogens (tertiary/aromatic N) is 4. The molecule has 0 radical (unpaired) electrons. The summed E-state index contributed by atoms with van der Waals surface area (Å²) in [5, 5.41) is 14.9. The molecule has 10 heteroatoms. The lowest BCUT2D eigenvalue weighted by atomic mass is 10.1. The number of rotatable bonds is 5.